The maximum Gasteiger partial charge on any atom is 0.253 e. The number of aromatic nitrogens is 3. The fraction of sp³-hybridized carbons (Fsp3) is 0.136. The first-order chi connectivity index (χ1) is 13.1. The van der Waals surface area contributed by atoms with Crippen molar-refractivity contribution in [2.75, 3.05) is 0 Å². The van der Waals surface area contributed by atoms with Crippen LogP contribution in [-0.4, -0.2) is 20.7 Å². The van der Waals surface area contributed by atoms with E-state index in [1.165, 1.54) is 0 Å². The SMILES string of the molecule is Cc1ccc2cc(C(=O)NCc3ccccc3-n3cccn3)c(C)nc2c1. The standard InChI is InChI=1S/C22H20N4O/c1-15-8-9-17-13-19(16(2)25-20(17)12-15)22(27)23-14-18-6-3-4-7-21(18)26-11-5-10-24-26/h3-13H,14H2,1-2H3,(H,23,27). The summed E-state index contributed by atoms with van der Waals surface area (Å²) in [4.78, 5) is 17.4. The maximum absolute atomic E-state index is 12.8. The van der Waals surface area contributed by atoms with Gasteiger partial charge in [0.15, 0.2) is 0 Å². The number of benzene rings is 2. The number of pyridine rings is 1. The zero-order valence-electron chi connectivity index (χ0n) is 15.3. The van der Waals surface area contributed by atoms with Gasteiger partial charge in [-0.3, -0.25) is 9.78 Å². The number of amides is 1. The molecule has 27 heavy (non-hydrogen) atoms. The monoisotopic (exact) mass is 356 g/mol. The van der Waals surface area contributed by atoms with E-state index in [-0.39, 0.29) is 5.91 Å². The summed E-state index contributed by atoms with van der Waals surface area (Å²) in [6.07, 6.45) is 3.63. The van der Waals surface area contributed by atoms with Crippen LogP contribution in [0.25, 0.3) is 16.6 Å². The molecule has 2 aromatic heterocycles. The summed E-state index contributed by atoms with van der Waals surface area (Å²) < 4.78 is 1.80. The van der Waals surface area contributed by atoms with E-state index in [9.17, 15) is 4.79 Å². The van der Waals surface area contributed by atoms with Gasteiger partial charge in [-0.05, 0) is 49.2 Å². The van der Waals surface area contributed by atoms with Crippen molar-refractivity contribution >= 4 is 16.8 Å². The number of carbonyl (C=O) groups is 1. The molecule has 0 spiro atoms. The van der Waals surface area contributed by atoms with Crippen LogP contribution < -0.4 is 5.32 Å². The first-order valence-corrected chi connectivity index (χ1v) is 8.86. The second-order valence-corrected chi connectivity index (χ2v) is 6.58. The summed E-state index contributed by atoms with van der Waals surface area (Å²) in [5, 5.41) is 8.26. The number of fused-ring (bicyclic) bond motifs is 1. The molecule has 0 unspecified atom stereocenters. The van der Waals surface area contributed by atoms with Gasteiger partial charge in [0.25, 0.3) is 5.91 Å². The van der Waals surface area contributed by atoms with E-state index in [2.05, 4.69) is 15.4 Å². The van der Waals surface area contributed by atoms with Crippen LogP contribution in [0.15, 0.2) is 67.0 Å². The molecule has 0 fully saturated rings. The van der Waals surface area contributed by atoms with E-state index in [0.717, 1.165) is 33.4 Å². The number of carbonyl (C=O) groups excluding carboxylic acids is 1. The van der Waals surface area contributed by atoms with Crippen molar-refractivity contribution in [2.24, 2.45) is 0 Å². The van der Waals surface area contributed by atoms with Crippen LogP contribution in [0.2, 0.25) is 0 Å². The zero-order chi connectivity index (χ0) is 18.8. The van der Waals surface area contributed by atoms with Gasteiger partial charge >= 0.3 is 0 Å². The summed E-state index contributed by atoms with van der Waals surface area (Å²) in [5.74, 6) is -0.127. The highest BCUT2D eigenvalue weighted by atomic mass is 16.1. The smallest absolute Gasteiger partial charge is 0.253 e. The third kappa shape index (κ3) is 3.44. The minimum absolute atomic E-state index is 0.127. The fourth-order valence-electron chi connectivity index (χ4n) is 3.17. The first kappa shape index (κ1) is 17.0. The van der Waals surface area contributed by atoms with Crippen molar-refractivity contribution in [1.82, 2.24) is 20.1 Å². The Bertz CT molecular complexity index is 1120. The minimum Gasteiger partial charge on any atom is -0.348 e. The van der Waals surface area contributed by atoms with Crippen molar-refractivity contribution in [1.29, 1.82) is 0 Å². The number of rotatable bonds is 4. The molecule has 134 valence electrons. The number of nitrogens with zero attached hydrogens (tertiary/aromatic N) is 3. The molecule has 0 aliphatic rings. The molecule has 0 atom stereocenters. The molecule has 4 aromatic rings. The molecular formula is C22H20N4O. The lowest BCUT2D eigenvalue weighted by Crippen LogP contribution is -2.24. The molecule has 0 radical (unpaired) electrons. The lowest BCUT2D eigenvalue weighted by Gasteiger charge is -2.12. The summed E-state index contributed by atoms with van der Waals surface area (Å²) >= 11 is 0. The lowest BCUT2D eigenvalue weighted by molar-refractivity contribution is 0.0950. The maximum atomic E-state index is 12.8. The average Bonchev–Trinajstić information content (AvgIpc) is 3.20. The van der Waals surface area contributed by atoms with Crippen molar-refractivity contribution < 1.29 is 4.79 Å². The van der Waals surface area contributed by atoms with Crippen LogP contribution >= 0.6 is 0 Å². The van der Waals surface area contributed by atoms with Gasteiger partial charge in [-0.25, -0.2) is 4.68 Å². The Labute approximate surface area is 157 Å². The molecule has 5 nitrogen and oxygen atoms in total. The van der Waals surface area contributed by atoms with Crippen molar-refractivity contribution in [2.45, 2.75) is 20.4 Å². The second-order valence-electron chi connectivity index (χ2n) is 6.58. The predicted octanol–water partition coefficient (Wildman–Crippen LogP) is 3.97. The molecule has 1 N–H and O–H groups in total. The summed E-state index contributed by atoms with van der Waals surface area (Å²) in [7, 11) is 0. The molecule has 0 saturated carbocycles. The molecule has 2 heterocycles. The van der Waals surface area contributed by atoms with E-state index in [1.807, 2.05) is 74.6 Å². The predicted molar refractivity (Wildman–Crippen MR) is 106 cm³/mol. The van der Waals surface area contributed by atoms with E-state index in [1.54, 1.807) is 10.9 Å². The Morgan fingerprint density at radius 1 is 1.07 bits per heavy atom. The largest absolute Gasteiger partial charge is 0.348 e. The summed E-state index contributed by atoms with van der Waals surface area (Å²) in [6, 6.07) is 17.7. The van der Waals surface area contributed by atoms with Gasteiger partial charge in [0.05, 0.1) is 22.5 Å². The topological polar surface area (TPSA) is 59.8 Å². The lowest BCUT2D eigenvalue weighted by atomic mass is 10.1. The van der Waals surface area contributed by atoms with Crippen LogP contribution in [0.5, 0.6) is 0 Å². The highest BCUT2D eigenvalue weighted by molar-refractivity contribution is 5.98. The van der Waals surface area contributed by atoms with Gasteiger partial charge in [0.1, 0.15) is 0 Å². The Morgan fingerprint density at radius 2 is 1.93 bits per heavy atom. The Hall–Kier alpha value is -3.47. The van der Waals surface area contributed by atoms with Crippen molar-refractivity contribution in [3.05, 3.63) is 89.4 Å². The van der Waals surface area contributed by atoms with Crippen LogP contribution in [0.4, 0.5) is 0 Å². The van der Waals surface area contributed by atoms with Crippen molar-refractivity contribution in [3.8, 4) is 5.69 Å². The molecule has 1 amide bonds. The summed E-state index contributed by atoms with van der Waals surface area (Å²) in [5.41, 5.74) is 5.34. The third-order valence-electron chi connectivity index (χ3n) is 4.59. The van der Waals surface area contributed by atoms with Gasteiger partial charge in [-0.1, -0.05) is 30.3 Å². The molecule has 0 saturated heterocycles. The van der Waals surface area contributed by atoms with E-state index >= 15 is 0 Å². The number of para-hydroxylation sites is 1. The van der Waals surface area contributed by atoms with Crippen LogP contribution in [-0.2, 0) is 6.54 Å². The van der Waals surface area contributed by atoms with Gasteiger partial charge in [-0.2, -0.15) is 5.10 Å². The number of nitrogens with one attached hydrogen (secondary N) is 1. The van der Waals surface area contributed by atoms with Gasteiger partial charge in [0, 0.05) is 24.3 Å². The molecule has 0 aliphatic heterocycles. The highest BCUT2D eigenvalue weighted by Gasteiger charge is 2.13. The average molecular weight is 356 g/mol. The van der Waals surface area contributed by atoms with Crippen molar-refractivity contribution in [3.63, 3.8) is 0 Å². The normalized spacial score (nSPS) is 10.9. The fourth-order valence-corrected chi connectivity index (χ4v) is 3.17. The first-order valence-electron chi connectivity index (χ1n) is 8.86. The van der Waals surface area contributed by atoms with E-state index in [0.29, 0.717) is 12.1 Å². The highest BCUT2D eigenvalue weighted by Crippen LogP contribution is 2.19. The van der Waals surface area contributed by atoms with Crippen LogP contribution in [0.3, 0.4) is 0 Å². The van der Waals surface area contributed by atoms with E-state index in [4.69, 9.17) is 0 Å². The zero-order valence-corrected chi connectivity index (χ0v) is 15.3. The molecular weight excluding hydrogens is 336 g/mol. The number of hydrogen-bond acceptors (Lipinski definition) is 3. The minimum atomic E-state index is -0.127. The Morgan fingerprint density at radius 3 is 2.74 bits per heavy atom. The van der Waals surface area contributed by atoms with Crippen LogP contribution in [0.1, 0.15) is 27.2 Å². The third-order valence-corrected chi connectivity index (χ3v) is 4.59. The molecule has 5 heteroatoms. The van der Waals surface area contributed by atoms with Crippen LogP contribution in [0, 0.1) is 13.8 Å². The molecule has 0 bridgehead atoms. The Kier molecular flexibility index (Phi) is 4.42. The number of aryl methyl sites for hydroxylation is 2. The quantitative estimate of drug-likeness (QED) is 0.602. The van der Waals surface area contributed by atoms with Gasteiger partial charge in [-0.15, -0.1) is 0 Å². The molecule has 4 rings (SSSR count). The van der Waals surface area contributed by atoms with Gasteiger partial charge < -0.3 is 5.32 Å². The Balaban J connectivity index is 1.58. The molecule has 0 aliphatic carbocycles. The number of hydrogen-bond donors (Lipinski definition) is 1. The van der Waals surface area contributed by atoms with E-state index < -0.39 is 0 Å². The summed E-state index contributed by atoms with van der Waals surface area (Å²) in [6.45, 7) is 4.32. The second kappa shape index (κ2) is 7.03. The van der Waals surface area contributed by atoms with Gasteiger partial charge in [0.2, 0.25) is 0 Å². The molecule has 2 aromatic carbocycles.